The van der Waals surface area contributed by atoms with E-state index in [-0.39, 0.29) is 19.1 Å². The van der Waals surface area contributed by atoms with Gasteiger partial charge in [-0.15, -0.1) is 0 Å². The van der Waals surface area contributed by atoms with E-state index in [0.717, 1.165) is 16.8 Å². The summed E-state index contributed by atoms with van der Waals surface area (Å²) >= 11 is 0. The van der Waals surface area contributed by atoms with Crippen LogP contribution in [0.15, 0.2) is 29.4 Å². The molecule has 0 N–H and O–H groups in total. The topological polar surface area (TPSA) is 74.2 Å². The molecule has 1 aliphatic carbocycles. The van der Waals surface area contributed by atoms with Gasteiger partial charge in [0.2, 0.25) is 0 Å². The van der Waals surface area contributed by atoms with Gasteiger partial charge in [-0.1, -0.05) is 35.0 Å². The van der Waals surface area contributed by atoms with Gasteiger partial charge >= 0.3 is 11.9 Å². The molecular weight excluding hydrogens is 322 g/mol. The SMILES string of the molecule is CCOC(=O)C1(C(=O)OCC)C[C@H]2CON=C2[C@H]1c1ccc(C)cc1. The van der Waals surface area contributed by atoms with Gasteiger partial charge in [0, 0.05) is 5.92 Å². The first-order valence-electron chi connectivity index (χ1n) is 8.65. The highest BCUT2D eigenvalue weighted by Crippen LogP contribution is 2.53. The van der Waals surface area contributed by atoms with Crippen LogP contribution in [0.5, 0.6) is 0 Å². The Morgan fingerprint density at radius 2 is 1.76 bits per heavy atom. The smallest absolute Gasteiger partial charge is 0.324 e. The van der Waals surface area contributed by atoms with Crippen molar-refractivity contribution in [3.8, 4) is 0 Å². The number of aryl methyl sites for hydroxylation is 1. The average Bonchev–Trinajstić information content (AvgIpc) is 3.15. The highest BCUT2D eigenvalue weighted by molar-refractivity contribution is 6.12. The van der Waals surface area contributed by atoms with Crippen LogP contribution < -0.4 is 0 Å². The fraction of sp³-hybridized carbons (Fsp3) is 0.526. The lowest BCUT2D eigenvalue weighted by Crippen LogP contribution is -2.45. The fourth-order valence-corrected chi connectivity index (χ4v) is 3.79. The molecule has 2 atom stereocenters. The Morgan fingerprint density at radius 1 is 1.16 bits per heavy atom. The zero-order chi connectivity index (χ0) is 18.0. The van der Waals surface area contributed by atoms with Crippen molar-refractivity contribution in [1.29, 1.82) is 0 Å². The van der Waals surface area contributed by atoms with Gasteiger partial charge in [0.25, 0.3) is 0 Å². The van der Waals surface area contributed by atoms with Gasteiger partial charge < -0.3 is 14.3 Å². The summed E-state index contributed by atoms with van der Waals surface area (Å²) in [6, 6.07) is 7.77. The van der Waals surface area contributed by atoms with E-state index >= 15 is 0 Å². The van der Waals surface area contributed by atoms with Crippen LogP contribution in [0, 0.1) is 18.3 Å². The fourth-order valence-electron chi connectivity index (χ4n) is 3.79. The first-order valence-corrected chi connectivity index (χ1v) is 8.65. The number of hydrogen-bond acceptors (Lipinski definition) is 6. The van der Waals surface area contributed by atoms with Gasteiger partial charge in [-0.3, -0.25) is 9.59 Å². The van der Waals surface area contributed by atoms with Crippen LogP contribution in [0.2, 0.25) is 0 Å². The lowest BCUT2D eigenvalue weighted by Gasteiger charge is -2.31. The molecule has 134 valence electrons. The first kappa shape index (κ1) is 17.5. The molecule has 0 radical (unpaired) electrons. The number of carbonyl (C=O) groups excluding carboxylic acids is 2. The van der Waals surface area contributed by atoms with Gasteiger partial charge in [-0.05, 0) is 32.8 Å². The lowest BCUT2D eigenvalue weighted by atomic mass is 9.73. The summed E-state index contributed by atoms with van der Waals surface area (Å²) in [6.07, 6.45) is 0.294. The van der Waals surface area contributed by atoms with E-state index in [9.17, 15) is 9.59 Å². The van der Waals surface area contributed by atoms with E-state index in [1.807, 2.05) is 31.2 Å². The monoisotopic (exact) mass is 345 g/mol. The third kappa shape index (κ3) is 2.79. The predicted octanol–water partition coefficient (Wildman–Crippen LogP) is 2.60. The molecule has 0 spiro atoms. The number of ether oxygens (including phenoxy) is 2. The summed E-state index contributed by atoms with van der Waals surface area (Å²) in [5, 5.41) is 4.16. The standard InChI is InChI=1S/C19H23NO5/c1-4-23-17(21)19(18(22)24-5-2)10-14-11-25-20-16(14)15(19)13-8-6-12(3)7-9-13/h6-9,14-15H,4-5,10-11H2,1-3H3/t14-,15+/m0/s1. The quantitative estimate of drug-likeness (QED) is 0.606. The van der Waals surface area contributed by atoms with Crippen molar-refractivity contribution in [3.05, 3.63) is 35.4 Å². The minimum Gasteiger partial charge on any atom is -0.465 e. The van der Waals surface area contributed by atoms with Crippen molar-refractivity contribution in [2.45, 2.75) is 33.1 Å². The van der Waals surface area contributed by atoms with Crippen molar-refractivity contribution in [2.24, 2.45) is 16.5 Å². The molecule has 0 amide bonds. The van der Waals surface area contributed by atoms with E-state index in [4.69, 9.17) is 14.3 Å². The van der Waals surface area contributed by atoms with Gasteiger partial charge in [0.05, 0.1) is 24.8 Å². The summed E-state index contributed by atoms with van der Waals surface area (Å²) in [5.74, 6) is -1.70. The molecule has 2 aliphatic rings. The number of fused-ring (bicyclic) bond motifs is 1. The predicted molar refractivity (Wildman–Crippen MR) is 91.1 cm³/mol. The second kappa shape index (κ2) is 6.86. The van der Waals surface area contributed by atoms with E-state index < -0.39 is 23.3 Å². The number of carbonyl (C=O) groups is 2. The van der Waals surface area contributed by atoms with Crippen molar-refractivity contribution in [1.82, 2.24) is 0 Å². The Bertz CT molecular complexity index is 676. The van der Waals surface area contributed by atoms with Gasteiger partial charge in [-0.2, -0.15) is 0 Å². The molecule has 1 saturated carbocycles. The summed E-state index contributed by atoms with van der Waals surface area (Å²) in [7, 11) is 0. The van der Waals surface area contributed by atoms with Crippen molar-refractivity contribution in [3.63, 3.8) is 0 Å². The summed E-state index contributed by atoms with van der Waals surface area (Å²) in [6.45, 7) is 6.23. The molecule has 6 heteroatoms. The van der Waals surface area contributed by atoms with Gasteiger partial charge in [-0.25, -0.2) is 0 Å². The van der Waals surface area contributed by atoms with Gasteiger partial charge in [0.1, 0.15) is 6.61 Å². The number of nitrogens with zero attached hydrogens (tertiary/aromatic N) is 1. The Morgan fingerprint density at radius 3 is 2.32 bits per heavy atom. The van der Waals surface area contributed by atoms with Crippen LogP contribution in [0.25, 0.3) is 0 Å². The van der Waals surface area contributed by atoms with E-state index in [0.29, 0.717) is 13.0 Å². The van der Waals surface area contributed by atoms with Crippen molar-refractivity contribution in [2.75, 3.05) is 19.8 Å². The summed E-state index contributed by atoms with van der Waals surface area (Å²) < 4.78 is 10.6. The molecule has 1 aromatic rings. The largest absolute Gasteiger partial charge is 0.465 e. The number of benzene rings is 1. The van der Waals surface area contributed by atoms with E-state index in [1.54, 1.807) is 13.8 Å². The molecule has 1 heterocycles. The molecule has 3 rings (SSSR count). The Hall–Kier alpha value is -2.37. The molecule has 25 heavy (non-hydrogen) atoms. The van der Waals surface area contributed by atoms with Gasteiger partial charge in [0.15, 0.2) is 5.41 Å². The first-order chi connectivity index (χ1) is 12.0. The normalized spacial score (nSPS) is 23.4. The number of rotatable bonds is 5. The third-order valence-electron chi connectivity index (χ3n) is 4.91. The second-order valence-corrected chi connectivity index (χ2v) is 6.47. The molecule has 0 bridgehead atoms. The second-order valence-electron chi connectivity index (χ2n) is 6.47. The highest BCUT2D eigenvalue weighted by atomic mass is 16.6. The lowest BCUT2D eigenvalue weighted by molar-refractivity contribution is -0.173. The van der Waals surface area contributed by atoms with Crippen LogP contribution in [-0.4, -0.2) is 37.5 Å². The summed E-state index contributed by atoms with van der Waals surface area (Å²) in [5.41, 5.74) is 1.26. The molecule has 0 aromatic heterocycles. The van der Waals surface area contributed by atoms with Crippen LogP contribution >= 0.6 is 0 Å². The van der Waals surface area contributed by atoms with Crippen molar-refractivity contribution >= 4 is 17.7 Å². The molecule has 6 nitrogen and oxygen atoms in total. The molecular formula is C19H23NO5. The number of oxime groups is 1. The maximum Gasteiger partial charge on any atom is 0.324 e. The number of esters is 2. The Labute approximate surface area is 147 Å². The minimum atomic E-state index is -1.41. The maximum atomic E-state index is 12.9. The summed E-state index contributed by atoms with van der Waals surface area (Å²) in [4.78, 5) is 31.1. The van der Waals surface area contributed by atoms with Crippen molar-refractivity contribution < 1.29 is 23.9 Å². The number of hydrogen-bond donors (Lipinski definition) is 0. The molecule has 1 aliphatic heterocycles. The van der Waals surface area contributed by atoms with Crippen LogP contribution in [0.4, 0.5) is 0 Å². The van der Waals surface area contributed by atoms with E-state index in [1.165, 1.54) is 0 Å². The Balaban J connectivity index is 2.14. The minimum absolute atomic E-state index is 0.0832. The molecule has 1 fully saturated rings. The van der Waals surface area contributed by atoms with Crippen LogP contribution in [0.3, 0.4) is 0 Å². The van der Waals surface area contributed by atoms with E-state index in [2.05, 4.69) is 5.16 Å². The highest BCUT2D eigenvalue weighted by Gasteiger charge is 2.65. The third-order valence-corrected chi connectivity index (χ3v) is 4.91. The zero-order valence-electron chi connectivity index (χ0n) is 14.8. The van der Waals surface area contributed by atoms with Crippen LogP contribution in [-0.2, 0) is 23.9 Å². The van der Waals surface area contributed by atoms with Crippen LogP contribution in [0.1, 0.15) is 37.3 Å². The molecule has 0 saturated heterocycles. The average molecular weight is 345 g/mol. The zero-order valence-corrected chi connectivity index (χ0v) is 14.8. The Kier molecular flexibility index (Phi) is 4.79. The molecule has 1 aromatic carbocycles. The maximum absolute atomic E-state index is 12.9. The molecule has 0 unspecified atom stereocenters.